The molecule has 1 unspecified atom stereocenters. The van der Waals surface area contributed by atoms with Crippen LogP contribution >= 0.6 is 15.9 Å². The van der Waals surface area contributed by atoms with E-state index in [0.717, 1.165) is 15.7 Å². The molecule has 2 rings (SSSR count). The molecule has 1 amide bonds. The maximum absolute atomic E-state index is 11.4. The summed E-state index contributed by atoms with van der Waals surface area (Å²) in [5.74, 6) is -0.401. The number of anilines is 1. The van der Waals surface area contributed by atoms with E-state index in [0.29, 0.717) is 5.56 Å². The molecular formula is C16H17BrN2O. The lowest BCUT2D eigenvalue weighted by Gasteiger charge is -2.18. The van der Waals surface area contributed by atoms with Gasteiger partial charge in [0.1, 0.15) is 0 Å². The normalized spacial score (nSPS) is 11.9. The highest BCUT2D eigenvalue weighted by atomic mass is 79.9. The van der Waals surface area contributed by atoms with Crippen LogP contribution in [-0.2, 0) is 0 Å². The Morgan fingerprint density at radius 2 is 1.85 bits per heavy atom. The van der Waals surface area contributed by atoms with Gasteiger partial charge in [-0.1, -0.05) is 34.1 Å². The molecule has 4 heteroatoms. The van der Waals surface area contributed by atoms with Crippen LogP contribution in [0.15, 0.2) is 46.9 Å². The third kappa shape index (κ3) is 3.20. The number of nitrogens with one attached hydrogen (secondary N) is 1. The van der Waals surface area contributed by atoms with Crippen LogP contribution in [0.4, 0.5) is 5.69 Å². The number of carbonyl (C=O) groups is 1. The Hall–Kier alpha value is -1.81. The lowest BCUT2D eigenvalue weighted by atomic mass is 10.0. The molecule has 0 saturated heterocycles. The summed E-state index contributed by atoms with van der Waals surface area (Å²) in [6.45, 7) is 3.98. The molecule has 0 radical (unpaired) electrons. The molecule has 3 N–H and O–H groups in total. The number of primary amides is 1. The Bertz CT molecular complexity index is 623. The maximum Gasteiger partial charge on any atom is 0.249 e. The van der Waals surface area contributed by atoms with Crippen LogP contribution in [0.3, 0.4) is 0 Å². The highest BCUT2D eigenvalue weighted by Gasteiger charge is 2.11. The van der Waals surface area contributed by atoms with Crippen molar-refractivity contribution in [3.05, 3.63) is 63.6 Å². The van der Waals surface area contributed by atoms with Crippen LogP contribution in [-0.4, -0.2) is 5.91 Å². The van der Waals surface area contributed by atoms with Crippen molar-refractivity contribution in [2.75, 3.05) is 5.32 Å². The molecule has 0 aliphatic rings. The summed E-state index contributed by atoms with van der Waals surface area (Å²) < 4.78 is 1.06. The molecule has 0 aromatic heterocycles. The maximum atomic E-state index is 11.4. The van der Waals surface area contributed by atoms with Gasteiger partial charge in [0, 0.05) is 21.8 Å². The summed E-state index contributed by atoms with van der Waals surface area (Å²) >= 11 is 3.43. The van der Waals surface area contributed by atoms with Crippen molar-refractivity contribution in [1.29, 1.82) is 0 Å². The fraction of sp³-hybridized carbons (Fsp3) is 0.188. The Kier molecular flexibility index (Phi) is 4.45. The number of nitrogens with two attached hydrogens (primary N) is 1. The van der Waals surface area contributed by atoms with Crippen molar-refractivity contribution in [2.24, 2.45) is 5.73 Å². The second kappa shape index (κ2) is 6.09. The standard InChI is InChI=1S/C16H17BrN2O/c1-10-14(16(18)20)4-3-5-15(10)19-11(2)12-6-8-13(17)9-7-12/h3-9,11,19H,1-2H3,(H2,18,20). The van der Waals surface area contributed by atoms with Crippen molar-refractivity contribution in [2.45, 2.75) is 19.9 Å². The first kappa shape index (κ1) is 14.6. The number of benzene rings is 2. The zero-order valence-corrected chi connectivity index (χ0v) is 13.1. The molecule has 0 aliphatic carbocycles. The van der Waals surface area contributed by atoms with Crippen molar-refractivity contribution < 1.29 is 4.79 Å². The van der Waals surface area contributed by atoms with Gasteiger partial charge in [-0.3, -0.25) is 4.79 Å². The Morgan fingerprint density at radius 1 is 1.20 bits per heavy atom. The van der Waals surface area contributed by atoms with Gasteiger partial charge in [-0.05, 0) is 49.2 Å². The summed E-state index contributed by atoms with van der Waals surface area (Å²) in [5, 5.41) is 3.42. The van der Waals surface area contributed by atoms with Crippen LogP contribution in [0, 0.1) is 6.92 Å². The van der Waals surface area contributed by atoms with Crippen LogP contribution in [0.1, 0.15) is 34.5 Å². The van der Waals surface area contributed by atoms with E-state index in [1.165, 1.54) is 5.56 Å². The topological polar surface area (TPSA) is 55.1 Å². The molecule has 2 aromatic carbocycles. The third-order valence-electron chi connectivity index (χ3n) is 3.34. The number of rotatable bonds is 4. The van der Waals surface area contributed by atoms with E-state index in [4.69, 9.17) is 5.73 Å². The van der Waals surface area contributed by atoms with E-state index in [9.17, 15) is 4.79 Å². The molecule has 20 heavy (non-hydrogen) atoms. The van der Waals surface area contributed by atoms with Crippen LogP contribution < -0.4 is 11.1 Å². The number of halogens is 1. The number of hydrogen-bond donors (Lipinski definition) is 2. The van der Waals surface area contributed by atoms with Gasteiger partial charge in [-0.15, -0.1) is 0 Å². The number of carbonyl (C=O) groups excluding carboxylic acids is 1. The summed E-state index contributed by atoms with van der Waals surface area (Å²) in [5.41, 5.74) is 8.91. The van der Waals surface area contributed by atoms with Gasteiger partial charge in [-0.25, -0.2) is 0 Å². The van der Waals surface area contributed by atoms with Gasteiger partial charge in [0.15, 0.2) is 0 Å². The Labute approximate surface area is 127 Å². The summed E-state index contributed by atoms with van der Waals surface area (Å²) in [6.07, 6.45) is 0. The SMILES string of the molecule is Cc1c(NC(C)c2ccc(Br)cc2)cccc1C(N)=O. The van der Waals surface area contributed by atoms with Crippen molar-refractivity contribution in [3.63, 3.8) is 0 Å². The fourth-order valence-electron chi connectivity index (χ4n) is 2.13. The summed E-state index contributed by atoms with van der Waals surface area (Å²) in [6, 6.07) is 13.8. The van der Waals surface area contributed by atoms with Gasteiger partial charge in [0.25, 0.3) is 0 Å². The molecule has 0 fully saturated rings. The average molecular weight is 333 g/mol. The van der Waals surface area contributed by atoms with Gasteiger partial charge in [0.2, 0.25) is 5.91 Å². The van der Waals surface area contributed by atoms with Crippen LogP contribution in [0.5, 0.6) is 0 Å². The quantitative estimate of drug-likeness (QED) is 0.888. The highest BCUT2D eigenvalue weighted by molar-refractivity contribution is 9.10. The second-order valence-electron chi connectivity index (χ2n) is 4.76. The molecular weight excluding hydrogens is 316 g/mol. The van der Waals surface area contributed by atoms with Crippen molar-refractivity contribution in [3.8, 4) is 0 Å². The Morgan fingerprint density at radius 3 is 2.45 bits per heavy atom. The molecule has 104 valence electrons. The number of amides is 1. The smallest absolute Gasteiger partial charge is 0.249 e. The van der Waals surface area contributed by atoms with Gasteiger partial charge in [-0.2, -0.15) is 0 Å². The zero-order chi connectivity index (χ0) is 14.7. The first-order valence-corrected chi connectivity index (χ1v) is 7.19. The van der Waals surface area contributed by atoms with E-state index in [-0.39, 0.29) is 6.04 Å². The predicted octanol–water partition coefficient (Wildman–Crippen LogP) is 4.03. The molecule has 0 heterocycles. The predicted molar refractivity (Wildman–Crippen MR) is 85.9 cm³/mol. The lowest BCUT2D eigenvalue weighted by molar-refractivity contribution is 0.1000. The summed E-state index contributed by atoms with van der Waals surface area (Å²) in [7, 11) is 0. The van der Waals surface area contributed by atoms with E-state index in [1.54, 1.807) is 6.07 Å². The first-order valence-electron chi connectivity index (χ1n) is 6.40. The third-order valence-corrected chi connectivity index (χ3v) is 3.87. The van der Waals surface area contributed by atoms with Gasteiger partial charge in [0.05, 0.1) is 0 Å². The highest BCUT2D eigenvalue weighted by Crippen LogP contribution is 2.25. The average Bonchev–Trinajstić information content (AvgIpc) is 2.41. The molecule has 0 bridgehead atoms. The van der Waals surface area contributed by atoms with E-state index >= 15 is 0 Å². The molecule has 0 spiro atoms. The minimum Gasteiger partial charge on any atom is -0.378 e. The first-order chi connectivity index (χ1) is 9.49. The molecule has 1 atom stereocenters. The fourth-order valence-corrected chi connectivity index (χ4v) is 2.39. The number of hydrogen-bond acceptors (Lipinski definition) is 2. The van der Waals surface area contributed by atoms with Crippen LogP contribution in [0.2, 0.25) is 0 Å². The molecule has 0 aliphatic heterocycles. The molecule has 3 nitrogen and oxygen atoms in total. The zero-order valence-electron chi connectivity index (χ0n) is 11.5. The van der Waals surface area contributed by atoms with E-state index < -0.39 is 5.91 Å². The monoisotopic (exact) mass is 332 g/mol. The second-order valence-corrected chi connectivity index (χ2v) is 5.68. The van der Waals surface area contributed by atoms with E-state index in [2.05, 4.69) is 40.3 Å². The molecule has 2 aromatic rings. The van der Waals surface area contributed by atoms with Crippen LogP contribution in [0.25, 0.3) is 0 Å². The van der Waals surface area contributed by atoms with E-state index in [1.807, 2.05) is 31.2 Å². The lowest BCUT2D eigenvalue weighted by Crippen LogP contribution is -2.15. The largest absolute Gasteiger partial charge is 0.378 e. The van der Waals surface area contributed by atoms with Crippen molar-refractivity contribution in [1.82, 2.24) is 0 Å². The summed E-state index contributed by atoms with van der Waals surface area (Å²) in [4.78, 5) is 11.4. The Balaban J connectivity index is 2.23. The van der Waals surface area contributed by atoms with Gasteiger partial charge < -0.3 is 11.1 Å². The minimum absolute atomic E-state index is 0.143. The minimum atomic E-state index is -0.401. The van der Waals surface area contributed by atoms with Crippen molar-refractivity contribution >= 4 is 27.5 Å². The van der Waals surface area contributed by atoms with Gasteiger partial charge >= 0.3 is 0 Å². The molecule has 0 saturated carbocycles.